The summed E-state index contributed by atoms with van der Waals surface area (Å²) in [6, 6.07) is 16.6. The van der Waals surface area contributed by atoms with Crippen LogP contribution in [0.2, 0.25) is 0 Å². The smallest absolute Gasteiger partial charge is 0.416 e. The maximum Gasteiger partial charge on any atom is 0.416 e. The first-order chi connectivity index (χ1) is 17.9. The van der Waals surface area contributed by atoms with E-state index in [0.29, 0.717) is 30.6 Å². The van der Waals surface area contributed by atoms with Gasteiger partial charge in [-0.1, -0.05) is 42.5 Å². The van der Waals surface area contributed by atoms with Crippen LogP contribution in [0.25, 0.3) is 0 Å². The van der Waals surface area contributed by atoms with Crippen molar-refractivity contribution in [3.05, 3.63) is 100 Å². The average molecular weight is 530 g/mol. The molecule has 3 aromatic carbocycles. The molecule has 0 saturated heterocycles. The molecule has 1 amide bonds. The number of rotatable bonds is 9. The van der Waals surface area contributed by atoms with Gasteiger partial charge in [0.2, 0.25) is 5.91 Å². The molecule has 5 nitrogen and oxygen atoms in total. The Morgan fingerprint density at radius 3 is 2.50 bits per heavy atom. The van der Waals surface area contributed by atoms with Crippen molar-refractivity contribution < 1.29 is 37.0 Å². The summed E-state index contributed by atoms with van der Waals surface area (Å²) in [5, 5.41) is 9.25. The number of carbonyl (C=O) groups is 2. The normalized spacial score (nSPS) is 16.6. The third-order valence-electron chi connectivity index (χ3n) is 6.50. The van der Waals surface area contributed by atoms with E-state index in [0.717, 1.165) is 28.2 Å². The number of hydrogen-bond acceptors (Lipinski definition) is 3. The van der Waals surface area contributed by atoms with E-state index in [4.69, 9.17) is 4.74 Å². The third-order valence-corrected chi connectivity index (χ3v) is 6.50. The van der Waals surface area contributed by atoms with Gasteiger partial charge in [-0.15, -0.1) is 0 Å². The summed E-state index contributed by atoms with van der Waals surface area (Å²) in [6.07, 6.45) is -3.30. The van der Waals surface area contributed by atoms with Crippen molar-refractivity contribution in [3.8, 4) is 5.75 Å². The number of hydrogen-bond donors (Lipinski definition) is 1. The van der Waals surface area contributed by atoms with Crippen LogP contribution in [0.4, 0.5) is 17.6 Å². The van der Waals surface area contributed by atoms with Gasteiger partial charge >= 0.3 is 12.1 Å². The Bertz CT molecular complexity index is 1340. The van der Waals surface area contributed by atoms with E-state index in [-0.39, 0.29) is 24.3 Å². The van der Waals surface area contributed by atoms with Gasteiger partial charge in [0.1, 0.15) is 23.7 Å². The number of aryl methyl sites for hydroxylation is 1. The first-order valence-corrected chi connectivity index (χ1v) is 12.1. The van der Waals surface area contributed by atoms with E-state index in [1.807, 2.05) is 19.1 Å². The molecule has 3 aromatic rings. The van der Waals surface area contributed by atoms with Crippen LogP contribution in [0.5, 0.6) is 5.75 Å². The average Bonchev–Trinajstić information content (AvgIpc) is 3.18. The van der Waals surface area contributed by atoms with Gasteiger partial charge in [0.05, 0.1) is 5.56 Å². The Morgan fingerprint density at radius 1 is 1.03 bits per heavy atom. The number of benzene rings is 3. The van der Waals surface area contributed by atoms with Crippen molar-refractivity contribution in [1.29, 1.82) is 0 Å². The standard InChI is InChI=1S/C29H27F4NO4/c1-28(15-21-6-2-3-8-24(21)30)16-22-13-19(9-11-25(22)38-28)10-12-26(35)34(18-27(36)37)17-20-5-4-7-23(14-20)29(31,32)33/h2-9,11,13-14H,10,12,15-18H2,1H3,(H,36,37). The zero-order valence-electron chi connectivity index (χ0n) is 20.7. The van der Waals surface area contributed by atoms with Crippen LogP contribution in [0, 0.1) is 5.82 Å². The van der Waals surface area contributed by atoms with E-state index in [2.05, 4.69) is 0 Å². The minimum absolute atomic E-state index is 0.0155. The van der Waals surface area contributed by atoms with Crippen LogP contribution in [-0.4, -0.2) is 34.0 Å². The molecule has 1 unspecified atom stereocenters. The van der Waals surface area contributed by atoms with E-state index < -0.39 is 35.8 Å². The Labute approximate surface area is 217 Å². The van der Waals surface area contributed by atoms with Crippen molar-refractivity contribution in [2.45, 2.75) is 50.9 Å². The first kappa shape index (κ1) is 27.2. The predicted molar refractivity (Wildman–Crippen MR) is 132 cm³/mol. The summed E-state index contributed by atoms with van der Waals surface area (Å²) in [6.45, 7) is 1.04. The molecule has 0 aliphatic carbocycles. The van der Waals surface area contributed by atoms with E-state index in [1.165, 1.54) is 18.2 Å². The SMILES string of the molecule is CC1(Cc2ccccc2F)Cc2cc(CCC(=O)N(CC(=O)O)Cc3cccc(C(F)(F)F)c3)ccc2O1. The van der Waals surface area contributed by atoms with Gasteiger partial charge in [-0.25, -0.2) is 4.39 Å². The van der Waals surface area contributed by atoms with Crippen LogP contribution in [-0.2, 0) is 41.6 Å². The molecule has 0 saturated carbocycles. The molecule has 1 atom stereocenters. The minimum atomic E-state index is -4.54. The number of carboxylic acids is 1. The van der Waals surface area contributed by atoms with Gasteiger partial charge in [0, 0.05) is 25.8 Å². The van der Waals surface area contributed by atoms with Gasteiger partial charge in [0.25, 0.3) is 0 Å². The van der Waals surface area contributed by atoms with E-state index in [9.17, 15) is 32.3 Å². The topological polar surface area (TPSA) is 66.8 Å². The van der Waals surface area contributed by atoms with Crippen LogP contribution in [0.15, 0.2) is 66.7 Å². The molecule has 38 heavy (non-hydrogen) atoms. The van der Waals surface area contributed by atoms with Crippen LogP contribution in [0.1, 0.15) is 41.2 Å². The molecule has 0 fully saturated rings. The highest BCUT2D eigenvalue weighted by molar-refractivity contribution is 5.81. The van der Waals surface area contributed by atoms with Crippen LogP contribution in [0.3, 0.4) is 0 Å². The fourth-order valence-electron chi connectivity index (χ4n) is 4.74. The monoisotopic (exact) mass is 529 g/mol. The lowest BCUT2D eigenvalue weighted by Gasteiger charge is -2.24. The van der Waals surface area contributed by atoms with E-state index >= 15 is 0 Å². The maximum absolute atomic E-state index is 14.2. The van der Waals surface area contributed by atoms with Gasteiger partial charge in [-0.05, 0) is 59.9 Å². The van der Waals surface area contributed by atoms with Gasteiger partial charge in [-0.2, -0.15) is 13.2 Å². The van der Waals surface area contributed by atoms with E-state index in [1.54, 1.807) is 24.3 Å². The Hall–Kier alpha value is -3.88. The first-order valence-electron chi connectivity index (χ1n) is 12.1. The summed E-state index contributed by atoms with van der Waals surface area (Å²) < 4.78 is 59.4. The predicted octanol–water partition coefficient (Wildman–Crippen LogP) is 5.83. The number of amides is 1. The lowest BCUT2D eigenvalue weighted by atomic mass is 9.91. The Kier molecular flexibility index (Phi) is 7.76. The number of nitrogens with zero attached hydrogens (tertiary/aromatic N) is 1. The number of carbonyl (C=O) groups excluding carboxylic acids is 1. The van der Waals surface area contributed by atoms with Crippen LogP contribution >= 0.6 is 0 Å². The third kappa shape index (κ3) is 6.70. The second-order valence-electron chi connectivity index (χ2n) is 9.78. The van der Waals surface area contributed by atoms with Crippen molar-refractivity contribution in [2.24, 2.45) is 0 Å². The summed E-state index contributed by atoms with van der Waals surface area (Å²) in [7, 11) is 0. The molecule has 0 aromatic heterocycles. The highest BCUT2D eigenvalue weighted by Gasteiger charge is 2.36. The molecule has 1 aliphatic rings. The molecule has 1 aliphatic heterocycles. The zero-order valence-corrected chi connectivity index (χ0v) is 20.7. The highest BCUT2D eigenvalue weighted by Crippen LogP contribution is 2.38. The van der Waals surface area contributed by atoms with Gasteiger partial charge in [0.15, 0.2) is 0 Å². The fraction of sp³-hybridized carbons (Fsp3) is 0.310. The molecular weight excluding hydrogens is 502 g/mol. The number of ether oxygens (including phenoxy) is 1. The molecule has 0 bridgehead atoms. The van der Waals surface area contributed by atoms with Crippen molar-refractivity contribution in [1.82, 2.24) is 4.90 Å². The number of carboxylic acid groups (broad SMARTS) is 1. The summed E-state index contributed by atoms with van der Waals surface area (Å²) in [5.74, 6) is -1.33. The van der Waals surface area contributed by atoms with Crippen LogP contribution < -0.4 is 4.74 Å². The number of aliphatic carboxylic acids is 1. The fourth-order valence-corrected chi connectivity index (χ4v) is 4.74. The molecule has 1 heterocycles. The lowest BCUT2D eigenvalue weighted by molar-refractivity contribution is -0.145. The quantitative estimate of drug-likeness (QED) is 0.355. The molecule has 4 rings (SSSR count). The van der Waals surface area contributed by atoms with Crippen molar-refractivity contribution in [2.75, 3.05) is 6.54 Å². The Balaban J connectivity index is 1.41. The summed E-state index contributed by atoms with van der Waals surface area (Å²) in [4.78, 5) is 25.3. The molecule has 1 N–H and O–H groups in total. The number of halogens is 4. The highest BCUT2D eigenvalue weighted by atomic mass is 19.4. The summed E-state index contributed by atoms with van der Waals surface area (Å²) >= 11 is 0. The molecule has 200 valence electrons. The summed E-state index contributed by atoms with van der Waals surface area (Å²) in [5.41, 5.74) is 1.04. The second-order valence-corrected chi connectivity index (χ2v) is 9.78. The number of fused-ring (bicyclic) bond motifs is 1. The van der Waals surface area contributed by atoms with Gasteiger partial charge < -0.3 is 14.7 Å². The molecule has 0 spiro atoms. The zero-order chi connectivity index (χ0) is 27.5. The lowest BCUT2D eigenvalue weighted by Crippen LogP contribution is -2.35. The van der Waals surface area contributed by atoms with Gasteiger partial charge in [-0.3, -0.25) is 9.59 Å². The van der Waals surface area contributed by atoms with Crippen molar-refractivity contribution in [3.63, 3.8) is 0 Å². The largest absolute Gasteiger partial charge is 0.487 e. The second kappa shape index (κ2) is 10.8. The molecule has 9 heteroatoms. The Morgan fingerprint density at radius 2 is 1.79 bits per heavy atom. The molecule has 0 radical (unpaired) electrons. The van der Waals surface area contributed by atoms with Crippen molar-refractivity contribution >= 4 is 11.9 Å². The number of alkyl halides is 3. The maximum atomic E-state index is 14.2. The minimum Gasteiger partial charge on any atom is -0.487 e. The molecular formula is C29H27F4NO4.